The number of piperidine rings is 1. The van der Waals surface area contributed by atoms with Crippen LogP contribution in [-0.4, -0.2) is 44.1 Å². The van der Waals surface area contributed by atoms with Gasteiger partial charge in [0, 0.05) is 23.5 Å². The number of aryl methyl sites for hydroxylation is 1. The van der Waals surface area contributed by atoms with Crippen molar-refractivity contribution in [2.24, 2.45) is 5.92 Å². The second kappa shape index (κ2) is 4.82. The van der Waals surface area contributed by atoms with Crippen molar-refractivity contribution in [3.8, 4) is 0 Å². The molecule has 1 aliphatic carbocycles. The molecule has 7 heteroatoms. The Bertz CT molecular complexity index is 638. The SMILES string of the molecule is Cc1ccc(C(=O)N2C[C@@H]3C[C@H]2C[C@@H]3NS(C)(=O)=O)s1. The predicted molar refractivity (Wildman–Crippen MR) is 78.4 cm³/mol. The van der Waals surface area contributed by atoms with Crippen molar-refractivity contribution in [1.82, 2.24) is 9.62 Å². The topological polar surface area (TPSA) is 66.5 Å². The Morgan fingerprint density at radius 2 is 2.15 bits per heavy atom. The molecule has 0 unspecified atom stereocenters. The van der Waals surface area contributed by atoms with Crippen LogP contribution in [0.1, 0.15) is 27.4 Å². The average Bonchev–Trinajstić information content (AvgIpc) is 3.00. The van der Waals surface area contributed by atoms with Gasteiger partial charge in [0.1, 0.15) is 0 Å². The second-order valence-corrected chi connectivity index (χ2v) is 8.82. The molecule has 2 bridgehead atoms. The monoisotopic (exact) mass is 314 g/mol. The molecule has 3 rings (SSSR count). The second-order valence-electron chi connectivity index (χ2n) is 5.75. The highest BCUT2D eigenvalue weighted by molar-refractivity contribution is 7.88. The van der Waals surface area contributed by atoms with Crippen LogP contribution < -0.4 is 4.72 Å². The minimum atomic E-state index is -3.17. The molecule has 5 nitrogen and oxygen atoms in total. The number of sulfonamides is 1. The van der Waals surface area contributed by atoms with Crippen LogP contribution in [0.4, 0.5) is 0 Å². The molecule has 2 aliphatic rings. The van der Waals surface area contributed by atoms with Gasteiger partial charge < -0.3 is 4.90 Å². The van der Waals surface area contributed by atoms with Crippen LogP contribution in [0, 0.1) is 12.8 Å². The van der Waals surface area contributed by atoms with Crippen molar-refractivity contribution >= 4 is 27.3 Å². The maximum absolute atomic E-state index is 12.4. The van der Waals surface area contributed by atoms with Crippen LogP contribution in [-0.2, 0) is 10.0 Å². The number of nitrogens with zero attached hydrogens (tertiary/aromatic N) is 1. The van der Waals surface area contributed by atoms with E-state index in [9.17, 15) is 13.2 Å². The molecule has 1 aromatic heterocycles. The fourth-order valence-electron chi connectivity index (χ4n) is 3.31. The first-order valence-electron chi connectivity index (χ1n) is 6.68. The van der Waals surface area contributed by atoms with E-state index in [-0.39, 0.29) is 23.9 Å². The van der Waals surface area contributed by atoms with Crippen LogP contribution in [0.15, 0.2) is 12.1 Å². The van der Waals surface area contributed by atoms with E-state index in [0.29, 0.717) is 6.54 Å². The Morgan fingerprint density at radius 1 is 1.40 bits per heavy atom. The molecule has 110 valence electrons. The van der Waals surface area contributed by atoms with Crippen LogP contribution >= 0.6 is 11.3 Å². The van der Waals surface area contributed by atoms with Gasteiger partial charge in [0.05, 0.1) is 11.1 Å². The van der Waals surface area contributed by atoms with E-state index in [1.165, 1.54) is 17.6 Å². The summed E-state index contributed by atoms with van der Waals surface area (Å²) in [5.41, 5.74) is 0. The summed E-state index contributed by atoms with van der Waals surface area (Å²) in [7, 11) is -3.17. The first-order valence-corrected chi connectivity index (χ1v) is 9.39. The zero-order chi connectivity index (χ0) is 14.5. The van der Waals surface area contributed by atoms with Gasteiger partial charge in [-0.2, -0.15) is 0 Å². The molecule has 0 radical (unpaired) electrons. The van der Waals surface area contributed by atoms with Crippen molar-refractivity contribution in [2.75, 3.05) is 12.8 Å². The smallest absolute Gasteiger partial charge is 0.264 e. The molecule has 1 amide bonds. The van der Waals surface area contributed by atoms with E-state index in [1.54, 1.807) is 0 Å². The van der Waals surface area contributed by atoms with Gasteiger partial charge in [-0.05, 0) is 37.8 Å². The number of thiophene rings is 1. The lowest BCUT2D eigenvalue weighted by Gasteiger charge is -2.31. The normalized spacial score (nSPS) is 29.1. The van der Waals surface area contributed by atoms with Crippen molar-refractivity contribution in [1.29, 1.82) is 0 Å². The number of carbonyl (C=O) groups is 1. The molecule has 0 aromatic carbocycles. The minimum absolute atomic E-state index is 0.0101. The van der Waals surface area contributed by atoms with Crippen LogP contribution in [0.2, 0.25) is 0 Å². The van der Waals surface area contributed by atoms with Gasteiger partial charge in [0.25, 0.3) is 5.91 Å². The highest BCUT2D eigenvalue weighted by Crippen LogP contribution is 2.39. The molecule has 1 saturated heterocycles. The molecule has 1 aromatic rings. The van der Waals surface area contributed by atoms with Crippen LogP contribution in [0.5, 0.6) is 0 Å². The van der Waals surface area contributed by atoms with E-state index >= 15 is 0 Å². The van der Waals surface area contributed by atoms with Crippen molar-refractivity contribution in [2.45, 2.75) is 31.8 Å². The zero-order valence-corrected chi connectivity index (χ0v) is 13.1. The molecular formula is C13H18N2O3S2. The number of fused-ring (bicyclic) bond motifs is 2. The van der Waals surface area contributed by atoms with Gasteiger partial charge in [0.15, 0.2) is 0 Å². The number of likely N-dealkylation sites (tertiary alicyclic amines) is 1. The lowest BCUT2D eigenvalue weighted by Crippen LogP contribution is -2.47. The van der Waals surface area contributed by atoms with Crippen molar-refractivity contribution < 1.29 is 13.2 Å². The van der Waals surface area contributed by atoms with Crippen molar-refractivity contribution in [3.63, 3.8) is 0 Å². The van der Waals surface area contributed by atoms with E-state index in [1.807, 2.05) is 24.0 Å². The summed E-state index contributed by atoms with van der Waals surface area (Å²) < 4.78 is 25.3. The first kappa shape index (κ1) is 14.0. The highest BCUT2D eigenvalue weighted by Gasteiger charge is 2.47. The zero-order valence-electron chi connectivity index (χ0n) is 11.5. The Morgan fingerprint density at radius 3 is 2.65 bits per heavy atom. The minimum Gasteiger partial charge on any atom is -0.335 e. The Hall–Kier alpha value is -0.920. The third-order valence-electron chi connectivity index (χ3n) is 4.12. The third-order valence-corrected chi connectivity index (χ3v) is 5.84. The predicted octanol–water partition coefficient (Wildman–Crippen LogP) is 1.21. The highest BCUT2D eigenvalue weighted by atomic mass is 32.2. The third kappa shape index (κ3) is 2.62. The van der Waals surface area contributed by atoms with Crippen LogP contribution in [0.3, 0.4) is 0 Å². The summed E-state index contributed by atoms with van der Waals surface area (Å²) in [6.07, 6.45) is 2.83. The van der Waals surface area contributed by atoms with Crippen molar-refractivity contribution in [3.05, 3.63) is 21.9 Å². The number of carbonyl (C=O) groups excluding carboxylic acids is 1. The molecule has 3 atom stereocenters. The molecule has 2 fully saturated rings. The number of rotatable bonds is 3. The van der Waals surface area contributed by atoms with Gasteiger partial charge in [0.2, 0.25) is 10.0 Å². The standard InChI is InChI=1S/C13H18N2O3S2/c1-8-3-4-12(19-8)13(16)15-7-9-5-10(15)6-11(9)14-20(2,17)18/h3-4,9-11,14H,5-7H2,1-2H3/t9-,10-,11-/m0/s1. The largest absolute Gasteiger partial charge is 0.335 e. The van der Waals surface area contributed by atoms with Gasteiger partial charge in [-0.25, -0.2) is 13.1 Å². The van der Waals surface area contributed by atoms with E-state index in [0.717, 1.165) is 22.6 Å². The molecule has 1 saturated carbocycles. The summed E-state index contributed by atoms with van der Waals surface area (Å²) in [5.74, 6) is 0.341. The number of amides is 1. The molecule has 2 heterocycles. The lowest BCUT2D eigenvalue weighted by molar-refractivity contribution is 0.0696. The molecular weight excluding hydrogens is 296 g/mol. The summed E-state index contributed by atoms with van der Waals surface area (Å²) >= 11 is 1.52. The molecule has 1 N–H and O–H groups in total. The summed E-state index contributed by atoms with van der Waals surface area (Å²) in [5, 5.41) is 0. The Kier molecular flexibility index (Phi) is 3.38. The molecule has 0 spiro atoms. The lowest BCUT2D eigenvalue weighted by atomic mass is 10.0. The fraction of sp³-hybridized carbons (Fsp3) is 0.615. The van der Waals surface area contributed by atoms with Crippen LogP contribution in [0.25, 0.3) is 0 Å². The first-order chi connectivity index (χ1) is 9.33. The van der Waals surface area contributed by atoms with Gasteiger partial charge in [-0.15, -0.1) is 11.3 Å². The van der Waals surface area contributed by atoms with Gasteiger partial charge >= 0.3 is 0 Å². The van der Waals surface area contributed by atoms with Gasteiger partial charge in [-0.3, -0.25) is 4.79 Å². The quantitative estimate of drug-likeness (QED) is 0.912. The van der Waals surface area contributed by atoms with Gasteiger partial charge in [-0.1, -0.05) is 0 Å². The fourth-order valence-corrected chi connectivity index (χ4v) is 4.97. The van der Waals surface area contributed by atoms with E-state index in [2.05, 4.69) is 4.72 Å². The summed E-state index contributed by atoms with van der Waals surface area (Å²) in [6, 6.07) is 4.00. The maximum Gasteiger partial charge on any atom is 0.264 e. The van der Waals surface area contributed by atoms with E-state index in [4.69, 9.17) is 0 Å². The maximum atomic E-state index is 12.4. The molecule has 20 heavy (non-hydrogen) atoms. The number of nitrogens with one attached hydrogen (secondary N) is 1. The summed E-state index contributed by atoms with van der Waals surface area (Å²) in [6.45, 7) is 2.65. The number of hydrogen-bond acceptors (Lipinski definition) is 4. The molecule has 1 aliphatic heterocycles. The average molecular weight is 314 g/mol. The summed E-state index contributed by atoms with van der Waals surface area (Å²) in [4.78, 5) is 16.3. The van der Waals surface area contributed by atoms with E-state index < -0.39 is 10.0 Å². The number of hydrogen-bond donors (Lipinski definition) is 1. The Labute approximate surface area is 123 Å². The Balaban J connectivity index is 1.69.